The number of hydrogen-bond acceptors (Lipinski definition) is 4. The molecule has 1 spiro atoms. The number of fused-ring (bicyclic) bond motifs is 1. The van der Waals surface area contributed by atoms with Crippen molar-refractivity contribution in [3.63, 3.8) is 0 Å². The highest BCUT2D eigenvalue weighted by molar-refractivity contribution is 5.90. The van der Waals surface area contributed by atoms with Gasteiger partial charge in [0.25, 0.3) is 17.5 Å². The fraction of sp³-hybridized carbons (Fsp3) is 0.409. The minimum absolute atomic E-state index is 0.0639. The van der Waals surface area contributed by atoms with E-state index in [0.717, 1.165) is 30.0 Å². The third-order valence-corrected chi connectivity index (χ3v) is 6.60. The van der Waals surface area contributed by atoms with E-state index >= 15 is 0 Å². The number of nitrogens with zero attached hydrogens (tertiary/aromatic N) is 3. The van der Waals surface area contributed by atoms with Gasteiger partial charge in [-0.05, 0) is 31.6 Å². The van der Waals surface area contributed by atoms with E-state index in [1.54, 1.807) is 17.7 Å². The lowest BCUT2D eigenvalue weighted by molar-refractivity contribution is 0.146. The molecule has 0 bridgehead atoms. The molecular formula is C22H21F3N4O2. The minimum atomic E-state index is -2.92. The number of hydrogen-bond donors (Lipinski definition) is 1. The molecule has 0 radical (unpaired) electrons. The van der Waals surface area contributed by atoms with Gasteiger partial charge in [0.05, 0.1) is 17.0 Å². The Kier molecular flexibility index (Phi) is 4.29. The molecule has 2 aliphatic rings. The Morgan fingerprint density at radius 3 is 2.55 bits per heavy atom. The van der Waals surface area contributed by atoms with Crippen molar-refractivity contribution in [2.24, 2.45) is 12.5 Å². The van der Waals surface area contributed by atoms with E-state index in [2.05, 4.69) is 10.4 Å². The highest BCUT2D eigenvalue weighted by Gasteiger charge is 2.64. The molecule has 2 aliphatic carbocycles. The molecule has 2 heterocycles. The van der Waals surface area contributed by atoms with Gasteiger partial charge in [-0.15, -0.1) is 0 Å². The van der Waals surface area contributed by atoms with Crippen LogP contribution in [0.2, 0.25) is 0 Å². The molecular weight excluding hydrogens is 409 g/mol. The van der Waals surface area contributed by atoms with Crippen LogP contribution in [0.3, 0.4) is 0 Å². The van der Waals surface area contributed by atoms with Gasteiger partial charge in [0.15, 0.2) is 5.82 Å². The zero-order valence-corrected chi connectivity index (χ0v) is 17.0. The van der Waals surface area contributed by atoms with Crippen molar-refractivity contribution in [1.29, 1.82) is 0 Å². The lowest BCUT2D eigenvalue weighted by atomic mass is 10.0. The number of aryl methyl sites for hydroxylation is 1. The van der Waals surface area contributed by atoms with Crippen molar-refractivity contribution in [3.8, 4) is 0 Å². The minimum Gasteiger partial charge on any atom is -0.361 e. The summed E-state index contributed by atoms with van der Waals surface area (Å²) in [6, 6.07) is 4.60. The number of halogens is 3. The van der Waals surface area contributed by atoms with Crippen molar-refractivity contribution in [3.05, 3.63) is 68.1 Å². The van der Waals surface area contributed by atoms with Gasteiger partial charge in [-0.1, -0.05) is 18.2 Å². The smallest absolute Gasteiger partial charge is 0.274 e. The summed E-state index contributed by atoms with van der Waals surface area (Å²) in [6.45, 7) is 1.63. The van der Waals surface area contributed by atoms with Gasteiger partial charge in [-0.2, -0.15) is 5.10 Å². The Morgan fingerprint density at radius 2 is 1.90 bits per heavy atom. The van der Waals surface area contributed by atoms with E-state index in [-0.39, 0.29) is 33.8 Å². The zero-order valence-electron chi connectivity index (χ0n) is 17.0. The van der Waals surface area contributed by atoms with E-state index in [0.29, 0.717) is 5.39 Å². The maximum absolute atomic E-state index is 14.6. The molecule has 5 rings (SSSR count). The summed E-state index contributed by atoms with van der Waals surface area (Å²) < 4.78 is 43.6. The monoisotopic (exact) mass is 430 g/mol. The van der Waals surface area contributed by atoms with Gasteiger partial charge in [0.1, 0.15) is 5.82 Å². The predicted octanol–water partition coefficient (Wildman–Crippen LogP) is 4.07. The lowest BCUT2D eigenvalue weighted by Crippen LogP contribution is -2.26. The summed E-state index contributed by atoms with van der Waals surface area (Å²) in [5.74, 6) is -0.692. The van der Waals surface area contributed by atoms with Crippen LogP contribution in [-0.4, -0.2) is 14.3 Å². The second kappa shape index (κ2) is 6.70. The number of rotatable bonds is 5. The SMILES string of the molecule is C[C@@H](Nc1nn(C)c(=O)c2cc(=O)n([C@@H]3CC34CC4)cc12)c1cccc(C(F)F)c1F. The Balaban J connectivity index is 1.59. The van der Waals surface area contributed by atoms with Gasteiger partial charge in [-0.25, -0.2) is 17.9 Å². The molecule has 6 nitrogen and oxygen atoms in total. The van der Waals surface area contributed by atoms with Crippen LogP contribution in [0.25, 0.3) is 10.8 Å². The molecule has 0 unspecified atom stereocenters. The van der Waals surface area contributed by atoms with Gasteiger partial charge >= 0.3 is 0 Å². The number of aromatic nitrogens is 3. The first-order valence-corrected chi connectivity index (χ1v) is 10.2. The van der Waals surface area contributed by atoms with Crippen molar-refractivity contribution in [2.75, 3.05) is 5.32 Å². The van der Waals surface area contributed by atoms with Crippen LogP contribution >= 0.6 is 0 Å². The third-order valence-electron chi connectivity index (χ3n) is 6.60. The lowest BCUT2D eigenvalue weighted by Gasteiger charge is -2.19. The van der Waals surface area contributed by atoms with Crippen LogP contribution in [0.15, 0.2) is 40.1 Å². The Hall–Kier alpha value is -3.10. The summed E-state index contributed by atoms with van der Waals surface area (Å²) >= 11 is 0. The number of benzene rings is 1. The van der Waals surface area contributed by atoms with Crippen LogP contribution < -0.4 is 16.4 Å². The standard InChI is InChI=1S/C22H21F3N4O2/c1-11(12-4-3-5-13(18(12)23)19(24)25)26-20-15-10-29(16-9-22(16)6-7-22)17(30)8-14(15)21(31)28(2)27-20/h3-5,8,10-11,16,19H,6-7,9H2,1-2H3,(H,26,27)/t11-,16-/m1/s1. The summed E-state index contributed by atoms with van der Waals surface area (Å²) in [5.41, 5.74) is -1.03. The highest BCUT2D eigenvalue weighted by atomic mass is 19.3. The summed E-state index contributed by atoms with van der Waals surface area (Å²) in [6.07, 6.45) is 1.86. The molecule has 0 amide bonds. The van der Waals surface area contributed by atoms with Gasteiger partial charge in [-0.3, -0.25) is 9.59 Å². The van der Waals surface area contributed by atoms with E-state index < -0.39 is 29.4 Å². The largest absolute Gasteiger partial charge is 0.361 e. The first kappa shape index (κ1) is 19.8. The third kappa shape index (κ3) is 3.14. The van der Waals surface area contributed by atoms with E-state index in [4.69, 9.17) is 0 Å². The molecule has 162 valence electrons. The van der Waals surface area contributed by atoms with Gasteiger partial charge in [0, 0.05) is 36.3 Å². The molecule has 31 heavy (non-hydrogen) atoms. The first-order chi connectivity index (χ1) is 14.7. The van der Waals surface area contributed by atoms with E-state index in [1.807, 2.05) is 0 Å². The summed E-state index contributed by atoms with van der Waals surface area (Å²) in [5, 5.41) is 7.97. The van der Waals surface area contributed by atoms with E-state index in [1.165, 1.54) is 25.2 Å². The van der Waals surface area contributed by atoms with Crippen molar-refractivity contribution in [1.82, 2.24) is 14.3 Å². The summed E-state index contributed by atoms with van der Waals surface area (Å²) in [7, 11) is 1.46. The highest BCUT2D eigenvalue weighted by Crippen LogP contribution is 2.72. The van der Waals surface area contributed by atoms with Crippen molar-refractivity contribution < 1.29 is 13.2 Å². The molecule has 1 aromatic carbocycles. The fourth-order valence-corrected chi connectivity index (χ4v) is 4.46. The van der Waals surface area contributed by atoms with Crippen molar-refractivity contribution >= 4 is 16.6 Å². The zero-order chi connectivity index (χ0) is 22.1. The molecule has 2 saturated carbocycles. The van der Waals surface area contributed by atoms with Crippen LogP contribution in [-0.2, 0) is 7.05 Å². The van der Waals surface area contributed by atoms with Crippen molar-refractivity contribution in [2.45, 2.75) is 44.7 Å². The molecule has 0 saturated heterocycles. The molecule has 0 aliphatic heterocycles. The predicted molar refractivity (Wildman–Crippen MR) is 110 cm³/mol. The average molecular weight is 430 g/mol. The Labute approximate surface area is 175 Å². The molecule has 2 fully saturated rings. The topological polar surface area (TPSA) is 68.9 Å². The first-order valence-electron chi connectivity index (χ1n) is 10.2. The quantitative estimate of drug-likeness (QED) is 0.663. The molecule has 2 atom stereocenters. The number of anilines is 1. The van der Waals surface area contributed by atoms with Crippen LogP contribution in [0, 0.1) is 11.2 Å². The average Bonchev–Trinajstić information content (AvgIpc) is 3.64. The Morgan fingerprint density at radius 1 is 1.19 bits per heavy atom. The fourth-order valence-electron chi connectivity index (χ4n) is 4.46. The molecule has 9 heteroatoms. The molecule has 3 aromatic rings. The normalized spacial score (nSPS) is 19.7. The van der Waals surface area contributed by atoms with Gasteiger partial charge < -0.3 is 9.88 Å². The number of pyridine rings is 1. The maximum Gasteiger partial charge on any atom is 0.274 e. The Bertz CT molecular complexity index is 1330. The summed E-state index contributed by atoms with van der Waals surface area (Å²) in [4.78, 5) is 25.2. The number of nitrogens with one attached hydrogen (secondary N) is 1. The van der Waals surface area contributed by atoms with Gasteiger partial charge in [0.2, 0.25) is 0 Å². The number of alkyl halides is 2. The molecule has 1 N–H and O–H groups in total. The van der Waals surface area contributed by atoms with Crippen LogP contribution in [0.1, 0.15) is 55.8 Å². The van der Waals surface area contributed by atoms with Crippen LogP contribution in [0.4, 0.5) is 19.0 Å². The second-order valence-electron chi connectivity index (χ2n) is 8.62. The van der Waals surface area contributed by atoms with E-state index in [9.17, 15) is 22.8 Å². The maximum atomic E-state index is 14.6. The second-order valence-corrected chi connectivity index (χ2v) is 8.62. The molecule has 2 aromatic heterocycles. The van der Waals surface area contributed by atoms with Crippen LogP contribution in [0.5, 0.6) is 0 Å².